The van der Waals surface area contributed by atoms with Gasteiger partial charge in [0, 0.05) is 8.31 Å². The number of nitrogens with zero attached hydrogens (tertiary/aromatic N) is 1. The van der Waals surface area contributed by atoms with E-state index in [4.69, 9.17) is 0 Å². The molecule has 0 aromatic carbocycles. The van der Waals surface area contributed by atoms with Gasteiger partial charge < -0.3 is 4.57 Å². The van der Waals surface area contributed by atoms with Crippen LogP contribution in [-0.4, -0.2) is 34.2 Å². The summed E-state index contributed by atoms with van der Waals surface area (Å²) < 4.78 is 2.67. The van der Waals surface area contributed by atoms with Gasteiger partial charge in [0.05, 0.1) is 0 Å². The normalized spacial score (nSPS) is 19.2. The molecule has 0 heterocycles. The van der Waals surface area contributed by atoms with Crippen molar-refractivity contribution in [3.63, 3.8) is 0 Å². The molecule has 2 unspecified atom stereocenters. The molecular weight excluding hydrogens is 178 g/mol. The van der Waals surface area contributed by atoms with E-state index in [2.05, 4.69) is 45.5 Å². The third-order valence-corrected chi connectivity index (χ3v) is 20.7. The minimum atomic E-state index is -0.958. The molecule has 74 valence electrons. The Labute approximate surface area is 80.6 Å². The Balaban J connectivity index is 4.42. The molecule has 0 aliphatic rings. The molecule has 0 aliphatic carbocycles. The molecular formula is C9H25NSi2. The Hall–Kier alpha value is 0.394. The Morgan fingerprint density at radius 3 is 2.00 bits per heavy atom. The molecule has 0 bridgehead atoms. The van der Waals surface area contributed by atoms with E-state index >= 15 is 0 Å². The van der Waals surface area contributed by atoms with Gasteiger partial charge in [0.1, 0.15) is 7.75 Å². The first-order chi connectivity index (χ1) is 5.52. The van der Waals surface area contributed by atoms with Crippen LogP contribution in [0.2, 0.25) is 25.2 Å². The maximum atomic E-state index is 2.67. The molecule has 0 rings (SSSR count). The van der Waals surface area contributed by atoms with Crippen molar-refractivity contribution in [2.24, 2.45) is 0 Å². The van der Waals surface area contributed by atoms with Crippen LogP contribution in [0.15, 0.2) is 0 Å². The highest BCUT2D eigenvalue weighted by molar-refractivity contribution is 7.30. The van der Waals surface area contributed by atoms with Gasteiger partial charge in [-0.3, -0.25) is 0 Å². The van der Waals surface area contributed by atoms with Crippen LogP contribution in [0.25, 0.3) is 0 Å². The molecule has 0 aromatic rings. The molecule has 0 saturated carbocycles. The molecule has 2 atom stereocenters. The van der Waals surface area contributed by atoms with E-state index in [9.17, 15) is 0 Å². The topological polar surface area (TPSA) is 3.24 Å². The number of hydrogen-bond acceptors (Lipinski definition) is 1. The SMILES string of the molecule is CCN(C)[Si](C)(CC)[SiH](C)CC. The minimum absolute atomic E-state index is 0.422. The fourth-order valence-corrected chi connectivity index (χ4v) is 12.9. The van der Waals surface area contributed by atoms with Gasteiger partial charge in [0.15, 0.2) is 0 Å². The average molecular weight is 203 g/mol. The van der Waals surface area contributed by atoms with E-state index in [1.54, 1.807) is 0 Å². The van der Waals surface area contributed by atoms with Crippen molar-refractivity contribution in [3.05, 3.63) is 0 Å². The molecule has 0 radical (unpaired) electrons. The van der Waals surface area contributed by atoms with Crippen LogP contribution >= 0.6 is 0 Å². The molecule has 1 nitrogen and oxygen atoms in total. The van der Waals surface area contributed by atoms with E-state index in [0.29, 0.717) is 0 Å². The molecule has 0 N–H and O–H groups in total. The zero-order valence-electron chi connectivity index (χ0n) is 9.65. The van der Waals surface area contributed by atoms with Gasteiger partial charge in [-0.1, -0.05) is 39.9 Å². The summed E-state index contributed by atoms with van der Waals surface area (Å²) in [6.45, 7) is 13.4. The Morgan fingerprint density at radius 1 is 1.25 bits per heavy atom. The third-order valence-electron chi connectivity index (χ3n) is 3.74. The van der Waals surface area contributed by atoms with Gasteiger partial charge >= 0.3 is 0 Å². The van der Waals surface area contributed by atoms with E-state index in [-0.39, 0.29) is 0 Å². The molecule has 12 heavy (non-hydrogen) atoms. The van der Waals surface area contributed by atoms with Crippen molar-refractivity contribution >= 4 is 16.1 Å². The van der Waals surface area contributed by atoms with Gasteiger partial charge in [0.2, 0.25) is 0 Å². The van der Waals surface area contributed by atoms with E-state index in [1.807, 2.05) is 0 Å². The summed E-state index contributed by atoms with van der Waals surface area (Å²) in [6.07, 6.45) is 0. The first-order valence-electron chi connectivity index (χ1n) is 5.24. The van der Waals surface area contributed by atoms with Gasteiger partial charge in [-0.15, -0.1) is 0 Å². The maximum Gasteiger partial charge on any atom is 0.110 e. The molecule has 0 aliphatic heterocycles. The van der Waals surface area contributed by atoms with Gasteiger partial charge in [-0.2, -0.15) is 0 Å². The first-order valence-corrected chi connectivity index (χ1v) is 11.7. The minimum Gasteiger partial charge on any atom is -0.329 e. The lowest BCUT2D eigenvalue weighted by Gasteiger charge is -2.39. The maximum absolute atomic E-state index is 2.67. The van der Waals surface area contributed by atoms with Gasteiger partial charge in [-0.25, -0.2) is 0 Å². The summed E-state index contributed by atoms with van der Waals surface area (Å²) in [6, 6.07) is 2.92. The van der Waals surface area contributed by atoms with Crippen LogP contribution in [-0.2, 0) is 0 Å². The predicted molar refractivity (Wildman–Crippen MR) is 63.9 cm³/mol. The summed E-state index contributed by atoms with van der Waals surface area (Å²) >= 11 is 0. The highest BCUT2D eigenvalue weighted by Crippen LogP contribution is 2.19. The summed E-state index contributed by atoms with van der Waals surface area (Å²) in [5.41, 5.74) is 0. The Bertz CT molecular complexity index is 118. The standard InChI is InChI=1S/C9H25NSi2/c1-7-10(4)12(6,9-3)11(5)8-2/h11H,7-9H2,1-6H3. The zero-order valence-corrected chi connectivity index (χ0v) is 11.8. The fourth-order valence-electron chi connectivity index (χ4n) is 1.80. The van der Waals surface area contributed by atoms with E-state index in [1.165, 1.54) is 18.6 Å². The summed E-state index contributed by atoms with van der Waals surface area (Å²) in [5.74, 6) is 0. The van der Waals surface area contributed by atoms with Crippen molar-refractivity contribution in [1.29, 1.82) is 0 Å². The third kappa shape index (κ3) is 2.44. The zero-order chi connectivity index (χ0) is 9.78. The van der Waals surface area contributed by atoms with Crippen LogP contribution in [0.3, 0.4) is 0 Å². The summed E-state index contributed by atoms with van der Waals surface area (Å²) in [5, 5.41) is 0. The van der Waals surface area contributed by atoms with Gasteiger partial charge in [-0.05, 0) is 19.6 Å². The van der Waals surface area contributed by atoms with Crippen molar-refractivity contribution in [3.8, 4) is 0 Å². The summed E-state index contributed by atoms with van der Waals surface area (Å²) in [4.78, 5) is 0. The number of rotatable bonds is 5. The average Bonchev–Trinajstić information content (AvgIpc) is 2.13. The first kappa shape index (κ1) is 12.4. The lowest BCUT2D eigenvalue weighted by molar-refractivity contribution is 0.543. The van der Waals surface area contributed by atoms with Crippen LogP contribution in [0, 0.1) is 0 Å². The smallest absolute Gasteiger partial charge is 0.110 e. The second-order valence-corrected chi connectivity index (χ2v) is 17.5. The molecule has 0 amide bonds. The molecule has 0 spiro atoms. The van der Waals surface area contributed by atoms with Crippen molar-refractivity contribution in [1.82, 2.24) is 4.57 Å². The van der Waals surface area contributed by atoms with Crippen molar-refractivity contribution < 1.29 is 0 Å². The molecule has 0 fully saturated rings. The van der Waals surface area contributed by atoms with Crippen LogP contribution in [0.1, 0.15) is 20.8 Å². The van der Waals surface area contributed by atoms with E-state index in [0.717, 1.165) is 0 Å². The van der Waals surface area contributed by atoms with Gasteiger partial charge in [0.25, 0.3) is 0 Å². The largest absolute Gasteiger partial charge is 0.329 e. The van der Waals surface area contributed by atoms with Crippen LogP contribution < -0.4 is 0 Å². The molecule has 0 aromatic heterocycles. The lowest BCUT2D eigenvalue weighted by Crippen LogP contribution is -2.58. The van der Waals surface area contributed by atoms with Crippen molar-refractivity contribution in [2.45, 2.75) is 46.0 Å². The lowest BCUT2D eigenvalue weighted by atomic mass is 10.8. The predicted octanol–water partition coefficient (Wildman–Crippen LogP) is 2.49. The van der Waals surface area contributed by atoms with E-state index < -0.39 is 16.1 Å². The Kier molecular flexibility index (Phi) is 5.36. The highest BCUT2D eigenvalue weighted by atomic mass is 29.2. The summed E-state index contributed by atoms with van der Waals surface area (Å²) in [7, 11) is 0.948. The second kappa shape index (κ2) is 5.19. The Morgan fingerprint density at radius 2 is 1.75 bits per heavy atom. The van der Waals surface area contributed by atoms with Crippen LogP contribution in [0.5, 0.6) is 0 Å². The quantitative estimate of drug-likeness (QED) is 0.621. The highest BCUT2D eigenvalue weighted by Gasteiger charge is 2.35. The molecule has 0 saturated heterocycles. The number of hydrogen-bond donors (Lipinski definition) is 0. The second-order valence-electron chi connectivity index (χ2n) is 4.03. The fraction of sp³-hybridized carbons (Fsp3) is 1.00. The molecule has 3 heteroatoms. The monoisotopic (exact) mass is 203 g/mol. The van der Waals surface area contributed by atoms with Crippen molar-refractivity contribution in [2.75, 3.05) is 13.6 Å². The van der Waals surface area contributed by atoms with Crippen LogP contribution in [0.4, 0.5) is 0 Å².